The molecule has 110 valence electrons. The highest BCUT2D eigenvalue weighted by atomic mass is 16.3. The average Bonchev–Trinajstić information content (AvgIpc) is 3.21. The van der Waals surface area contributed by atoms with Crippen molar-refractivity contribution in [1.82, 2.24) is 25.3 Å². The monoisotopic (exact) mass is 289 g/mol. The van der Waals surface area contributed by atoms with Gasteiger partial charge in [0.25, 0.3) is 0 Å². The predicted octanol–water partition coefficient (Wildman–Crippen LogP) is 0.800. The molecule has 8 heteroatoms. The molecule has 2 aromatic heterocycles. The van der Waals surface area contributed by atoms with Gasteiger partial charge < -0.3 is 15.1 Å². The van der Waals surface area contributed by atoms with Gasteiger partial charge in [-0.15, -0.1) is 0 Å². The molecule has 0 saturated carbocycles. The zero-order valence-electron chi connectivity index (χ0n) is 11.2. The van der Waals surface area contributed by atoms with Crippen molar-refractivity contribution in [1.29, 1.82) is 0 Å². The fraction of sp³-hybridized carbons (Fsp3) is 0.308. The van der Waals surface area contributed by atoms with E-state index < -0.39 is 6.03 Å². The van der Waals surface area contributed by atoms with Crippen LogP contribution in [0.4, 0.5) is 9.59 Å². The summed E-state index contributed by atoms with van der Waals surface area (Å²) >= 11 is 0. The van der Waals surface area contributed by atoms with Gasteiger partial charge in [-0.25, -0.2) is 14.5 Å². The Hall–Kier alpha value is -2.77. The molecule has 1 fully saturated rings. The Balaban J connectivity index is 1.68. The minimum absolute atomic E-state index is 0.260. The molecule has 0 bridgehead atoms. The summed E-state index contributed by atoms with van der Waals surface area (Å²) in [6, 6.07) is 4.34. The van der Waals surface area contributed by atoms with E-state index in [0.29, 0.717) is 18.8 Å². The first-order valence-corrected chi connectivity index (χ1v) is 6.61. The standard InChI is InChI=1S/C13H15N5O3/c19-12-14-5-7-17(12)13(20)15-9-10(11-3-1-8-21-11)18-6-2-4-16-18/h1-4,6,8,10H,5,7,9H2,(H,14,19)(H,15,20). The Morgan fingerprint density at radius 1 is 1.52 bits per heavy atom. The normalized spacial score (nSPS) is 15.8. The first-order chi connectivity index (χ1) is 10.3. The smallest absolute Gasteiger partial charge is 0.325 e. The van der Waals surface area contributed by atoms with Crippen molar-refractivity contribution in [3.05, 3.63) is 42.6 Å². The van der Waals surface area contributed by atoms with E-state index >= 15 is 0 Å². The van der Waals surface area contributed by atoms with Crippen LogP contribution in [0.2, 0.25) is 0 Å². The first-order valence-electron chi connectivity index (χ1n) is 6.61. The molecule has 4 amide bonds. The summed E-state index contributed by atoms with van der Waals surface area (Å²) in [6.45, 7) is 1.13. The molecular formula is C13H15N5O3. The molecule has 1 unspecified atom stereocenters. The number of furan rings is 1. The highest BCUT2D eigenvalue weighted by Crippen LogP contribution is 2.17. The predicted molar refractivity (Wildman–Crippen MR) is 72.6 cm³/mol. The Bertz CT molecular complexity index is 574. The second kappa shape index (κ2) is 5.70. The first kappa shape index (κ1) is 13.2. The lowest BCUT2D eigenvalue weighted by Crippen LogP contribution is -2.43. The lowest BCUT2D eigenvalue weighted by atomic mass is 10.2. The summed E-state index contributed by atoms with van der Waals surface area (Å²) in [4.78, 5) is 24.6. The van der Waals surface area contributed by atoms with Gasteiger partial charge in [0.2, 0.25) is 0 Å². The number of hydrogen-bond donors (Lipinski definition) is 2. The maximum Gasteiger partial charge on any atom is 0.325 e. The number of hydrogen-bond acceptors (Lipinski definition) is 4. The van der Waals surface area contributed by atoms with Crippen LogP contribution in [0.25, 0.3) is 0 Å². The number of carbonyl (C=O) groups excluding carboxylic acids is 2. The van der Waals surface area contributed by atoms with Crippen LogP contribution in [-0.4, -0.2) is 46.4 Å². The fourth-order valence-electron chi connectivity index (χ4n) is 2.22. The van der Waals surface area contributed by atoms with Gasteiger partial charge >= 0.3 is 12.1 Å². The van der Waals surface area contributed by atoms with Crippen molar-refractivity contribution in [2.45, 2.75) is 6.04 Å². The number of imide groups is 1. The van der Waals surface area contributed by atoms with Crippen LogP contribution < -0.4 is 10.6 Å². The van der Waals surface area contributed by atoms with Gasteiger partial charge in [-0.05, 0) is 18.2 Å². The number of rotatable bonds is 4. The van der Waals surface area contributed by atoms with Gasteiger partial charge in [-0.1, -0.05) is 0 Å². The zero-order valence-corrected chi connectivity index (χ0v) is 11.2. The van der Waals surface area contributed by atoms with Gasteiger partial charge in [0.05, 0.1) is 6.26 Å². The summed E-state index contributed by atoms with van der Waals surface area (Å²) in [7, 11) is 0. The van der Waals surface area contributed by atoms with Gasteiger partial charge in [-0.2, -0.15) is 5.10 Å². The molecule has 2 aromatic rings. The molecule has 0 aliphatic carbocycles. The SMILES string of the molecule is O=C1NCCN1C(=O)NCC(c1ccco1)n1cccn1. The third kappa shape index (κ3) is 2.73. The van der Waals surface area contributed by atoms with Crippen molar-refractivity contribution in [3.8, 4) is 0 Å². The fourth-order valence-corrected chi connectivity index (χ4v) is 2.22. The van der Waals surface area contributed by atoms with E-state index in [9.17, 15) is 9.59 Å². The Kier molecular flexibility index (Phi) is 3.59. The number of amides is 4. The van der Waals surface area contributed by atoms with Gasteiger partial charge in [0.1, 0.15) is 11.8 Å². The lowest BCUT2D eigenvalue weighted by molar-refractivity contribution is 0.197. The second-order valence-corrected chi connectivity index (χ2v) is 4.59. The average molecular weight is 289 g/mol. The van der Waals surface area contributed by atoms with Crippen LogP contribution in [0.3, 0.4) is 0 Å². The molecule has 8 nitrogen and oxygen atoms in total. The quantitative estimate of drug-likeness (QED) is 0.870. The van der Waals surface area contributed by atoms with Crippen molar-refractivity contribution in [3.63, 3.8) is 0 Å². The van der Waals surface area contributed by atoms with Crippen LogP contribution in [0.5, 0.6) is 0 Å². The van der Waals surface area contributed by atoms with Crippen LogP contribution >= 0.6 is 0 Å². The summed E-state index contributed by atoms with van der Waals surface area (Å²) in [5.41, 5.74) is 0. The lowest BCUT2D eigenvalue weighted by Gasteiger charge is -2.18. The largest absolute Gasteiger partial charge is 0.467 e. The molecule has 0 spiro atoms. The third-order valence-electron chi connectivity index (χ3n) is 3.26. The van der Waals surface area contributed by atoms with Crippen molar-refractivity contribution >= 4 is 12.1 Å². The molecular weight excluding hydrogens is 274 g/mol. The molecule has 21 heavy (non-hydrogen) atoms. The van der Waals surface area contributed by atoms with Crippen LogP contribution in [-0.2, 0) is 0 Å². The molecule has 0 radical (unpaired) electrons. The Morgan fingerprint density at radius 2 is 2.43 bits per heavy atom. The van der Waals surface area contributed by atoms with Crippen LogP contribution in [0.15, 0.2) is 41.3 Å². The maximum atomic E-state index is 12.0. The summed E-state index contributed by atoms with van der Waals surface area (Å²) < 4.78 is 7.09. The Morgan fingerprint density at radius 3 is 3.05 bits per heavy atom. The molecule has 1 saturated heterocycles. The number of urea groups is 2. The van der Waals surface area contributed by atoms with Crippen LogP contribution in [0, 0.1) is 0 Å². The van der Waals surface area contributed by atoms with E-state index in [-0.39, 0.29) is 18.6 Å². The van der Waals surface area contributed by atoms with E-state index in [1.54, 1.807) is 35.5 Å². The number of nitrogens with zero attached hydrogens (tertiary/aromatic N) is 3. The third-order valence-corrected chi connectivity index (χ3v) is 3.26. The van der Waals surface area contributed by atoms with Gasteiger partial charge in [0, 0.05) is 32.0 Å². The van der Waals surface area contributed by atoms with E-state index in [2.05, 4.69) is 15.7 Å². The van der Waals surface area contributed by atoms with E-state index in [4.69, 9.17) is 4.42 Å². The zero-order chi connectivity index (χ0) is 14.7. The summed E-state index contributed by atoms with van der Waals surface area (Å²) in [6.07, 6.45) is 5.02. The highest BCUT2D eigenvalue weighted by Gasteiger charge is 2.27. The molecule has 3 rings (SSSR count). The Labute approximate surface area is 120 Å². The molecule has 3 heterocycles. The van der Waals surface area contributed by atoms with E-state index in [1.165, 1.54) is 0 Å². The summed E-state index contributed by atoms with van der Waals surface area (Å²) in [5.74, 6) is 0.685. The minimum Gasteiger partial charge on any atom is -0.467 e. The van der Waals surface area contributed by atoms with E-state index in [0.717, 1.165) is 4.90 Å². The van der Waals surface area contributed by atoms with Crippen molar-refractivity contribution < 1.29 is 14.0 Å². The molecule has 1 atom stereocenters. The molecule has 1 aliphatic rings. The second-order valence-electron chi connectivity index (χ2n) is 4.59. The van der Waals surface area contributed by atoms with Gasteiger partial charge in [0.15, 0.2) is 0 Å². The molecule has 2 N–H and O–H groups in total. The molecule has 1 aliphatic heterocycles. The summed E-state index contributed by atoms with van der Waals surface area (Å²) in [5, 5.41) is 9.50. The number of nitrogens with one attached hydrogen (secondary N) is 2. The van der Waals surface area contributed by atoms with E-state index in [1.807, 2.05) is 6.07 Å². The van der Waals surface area contributed by atoms with Crippen LogP contribution in [0.1, 0.15) is 11.8 Å². The minimum atomic E-state index is -0.422. The number of carbonyl (C=O) groups is 2. The topological polar surface area (TPSA) is 92.4 Å². The van der Waals surface area contributed by atoms with Crippen molar-refractivity contribution in [2.75, 3.05) is 19.6 Å². The molecule has 0 aromatic carbocycles. The van der Waals surface area contributed by atoms with Gasteiger partial charge in [-0.3, -0.25) is 4.68 Å². The van der Waals surface area contributed by atoms with Crippen molar-refractivity contribution in [2.24, 2.45) is 0 Å². The number of aromatic nitrogens is 2. The highest BCUT2D eigenvalue weighted by molar-refractivity contribution is 5.94. The maximum absolute atomic E-state index is 12.0.